The number of nitrogens with one attached hydrogen (secondary N) is 1. The van der Waals surface area contributed by atoms with E-state index >= 15 is 0 Å². The van der Waals surface area contributed by atoms with Crippen LogP contribution >= 0.6 is 0 Å². The number of amides is 1. The van der Waals surface area contributed by atoms with Crippen molar-refractivity contribution in [1.29, 1.82) is 0 Å². The number of hydrogen-bond donors (Lipinski definition) is 1. The van der Waals surface area contributed by atoms with E-state index in [1.807, 2.05) is 18.2 Å². The van der Waals surface area contributed by atoms with E-state index in [4.69, 9.17) is 0 Å². The average molecular weight is 458 g/mol. The molecule has 0 aliphatic heterocycles. The molecule has 174 valence electrons. The molecule has 0 unspecified atom stereocenters. The summed E-state index contributed by atoms with van der Waals surface area (Å²) in [4.78, 5) is 19.5. The lowest BCUT2D eigenvalue weighted by atomic mass is 9.81. The lowest BCUT2D eigenvalue weighted by Gasteiger charge is -2.41. The minimum absolute atomic E-state index is 0.0309. The number of carbonyl (C=O) groups is 1. The number of nitrogens with zero attached hydrogens (tertiary/aromatic N) is 2. The van der Waals surface area contributed by atoms with Crippen LogP contribution in [0.25, 0.3) is 0 Å². The van der Waals surface area contributed by atoms with E-state index in [2.05, 4.69) is 36.1 Å². The molecule has 6 nitrogen and oxygen atoms in total. The van der Waals surface area contributed by atoms with Crippen LogP contribution in [0.5, 0.6) is 0 Å². The Balaban J connectivity index is 1.70. The average Bonchev–Trinajstić information content (AvgIpc) is 2.79. The second-order valence-corrected chi connectivity index (χ2v) is 11.2. The smallest absolute Gasteiger partial charge is 0.220 e. The highest BCUT2D eigenvalue weighted by Gasteiger charge is 2.36. The zero-order valence-electron chi connectivity index (χ0n) is 19.3. The van der Waals surface area contributed by atoms with Crippen molar-refractivity contribution in [1.82, 2.24) is 15.2 Å². The van der Waals surface area contributed by atoms with Gasteiger partial charge in [-0.1, -0.05) is 24.3 Å². The standard InChI is InChI=1S/C25H35N3O3S/c1-19(2)28(3)22-12-13-24(27-25(29)14-11-20-8-7-15-26-17-20)21(16-22)18-32(30,31)23-9-5-4-6-10-23/h4-10,15,17,19,21-22,24H,11-14,16,18H2,1-3H3,(H,27,29)/t21-,22-,24+/m1/s1. The molecule has 3 rings (SSSR count). The summed E-state index contributed by atoms with van der Waals surface area (Å²) < 4.78 is 26.2. The molecule has 1 saturated carbocycles. The molecule has 1 aromatic heterocycles. The van der Waals surface area contributed by atoms with Gasteiger partial charge in [-0.25, -0.2) is 8.42 Å². The zero-order valence-corrected chi connectivity index (χ0v) is 20.1. The van der Waals surface area contributed by atoms with Crippen molar-refractivity contribution >= 4 is 15.7 Å². The van der Waals surface area contributed by atoms with Crippen LogP contribution in [0.1, 0.15) is 45.1 Å². The molecule has 0 spiro atoms. The normalized spacial score (nSPS) is 21.6. The third-order valence-corrected chi connectivity index (χ3v) is 8.45. The molecular formula is C25H35N3O3S. The Hall–Kier alpha value is -2.25. The fourth-order valence-electron chi connectivity index (χ4n) is 4.49. The molecule has 1 aliphatic carbocycles. The predicted molar refractivity (Wildman–Crippen MR) is 127 cm³/mol. The summed E-state index contributed by atoms with van der Waals surface area (Å²) in [6.07, 6.45) is 6.98. The van der Waals surface area contributed by atoms with Gasteiger partial charge >= 0.3 is 0 Å². The highest BCUT2D eigenvalue weighted by Crippen LogP contribution is 2.31. The van der Waals surface area contributed by atoms with Crippen molar-refractivity contribution < 1.29 is 13.2 Å². The van der Waals surface area contributed by atoms with Crippen molar-refractivity contribution in [2.24, 2.45) is 5.92 Å². The monoisotopic (exact) mass is 457 g/mol. The maximum atomic E-state index is 13.1. The molecular weight excluding hydrogens is 422 g/mol. The third kappa shape index (κ3) is 6.62. The summed E-state index contributed by atoms with van der Waals surface area (Å²) in [6.45, 7) is 4.31. The Morgan fingerprint density at radius 3 is 2.56 bits per heavy atom. The van der Waals surface area contributed by atoms with Gasteiger partial charge in [0.1, 0.15) is 0 Å². The first-order valence-electron chi connectivity index (χ1n) is 11.4. The molecule has 1 N–H and O–H groups in total. The number of benzene rings is 1. The highest BCUT2D eigenvalue weighted by atomic mass is 32.2. The number of aryl methyl sites for hydroxylation is 1. The minimum atomic E-state index is -3.43. The molecule has 1 heterocycles. The molecule has 32 heavy (non-hydrogen) atoms. The van der Waals surface area contributed by atoms with Crippen molar-refractivity contribution in [2.45, 2.75) is 69.0 Å². The maximum absolute atomic E-state index is 13.1. The van der Waals surface area contributed by atoms with Gasteiger partial charge in [0.2, 0.25) is 5.91 Å². The number of pyridine rings is 1. The van der Waals surface area contributed by atoms with Crippen LogP contribution < -0.4 is 5.32 Å². The number of rotatable bonds is 9. The predicted octanol–water partition coefficient (Wildman–Crippen LogP) is 3.48. The minimum Gasteiger partial charge on any atom is -0.353 e. The molecule has 0 saturated heterocycles. The Kier molecular flexibility index (Phi) is 8.43. The van der Waals surface area contributed by atoms with Gasteiger partial charge in [-0.05, 0) is 76.3 Å². The largest absolute Gasteiger partial charge is 0.353 e. The van der Waals surface area contributed by atoms with Crippen LogP contribution in [0.3, 0.4) is 0 Å². The molecule has 3 atom stereocenters. The maximum Gasteiger partial charge on any atom is 0.220 e. The van der Waals surface area contributed by atoms with Gasteiger partial charge in [0.05, 0.1) is 10.6 Å². The first-order chi connectivity index (χ1) is 15.3. The number of sulfone groups is 1. The summed E-state index contributed by atoms with van der Waals surface area (Å²) in [6, 6.07) is 13.0. The van der Waals surface area contributed by atoms with E-state index in [1.165, 1.54) is 0 Å². The summed E-state index contributed by atoms with van der Waals surface area (Å²) >= 11 is 0. The van der Waals surface area contributed by atoms with Crippen molar-refractivity contribution in [3.63, 3.8) is 0 Å². The summed E-state index contributed by atoms with van der Waals surface area (Å²) in [5, 5.41) is 3.16. The van der Waals surface area contributed by atoms with Crippen LogP contribution in [0, 0.1) is 5.92 Å². The molecule has 0 bridgehead atoms. The van der Waals surface area contributed by atoms with Crippen molar-refractivity contribution in [2.75, 3.05) is 12.8 Å². The van der Waals surface area contributed by atoms with Crippen LogP contribution in [0.4, 0.5) is 0 Å². The highest BCUT2D eigenvalue weighted by molar-refractivity contribution is 7.91. The molecule has 1 aliphatic rings. The SMILES string of the molecule is CC(C)N(C)[C@@H]1CC[C@H](NC(=O)CCc2cccnc2)[C@@H](CS(=O)(=O)c2ccccc2)C1. The first-order valence-corrected chi connectivity index (χ1v) is 13.1. The molecule has 1 amide bonds. The van der Waals surface area contributed by atoms with E-state index in [-0.39, 0.29) is 23.6 Å². The van der Waals surface area contributed by atoms with E-state index in [9.17, 15) is 13.2 Å². The topological polar surface area (TPSA) is 79.4 Å². The van der Waals surface area contributed by atoms with Gasteiger partial charge in [-0.2, -0.15) is 0 Å². The van der Waals surface area contributed by atoms with Crippen LogP contribution in [0.15, 0.2) is 59.8 Å². The van der Waals surface area contributed by atoms with Crippen LogP contribution in [-0.4, -0.2) is 55.1 Å². The fourth-order valence-corrected chi connectivity index (χ4v) is 6.19. The summed E-state index contributed by atoms with van der Waals surface area (Å²) in [5.74, 6) is -0.105. The van der Waals surface area contributed by atoms with Crippen molar-refractivity contribution in [3.05, 3.63) is 60.4 Å². The Labute approximate surface area is 192 Å². The fraction of sp³-hybridized carbons (Fsp3) is 0.520. The van der Waals surface area contributed by atoms with Gasteiger partial charge in [-0.3, -0.25) is 9.78 Å². The molecule has 2 aromatic rings. The Bertz CT molecular complexity index is 964. The van der Waals surface area contributed by atoms with Gasteiger partial charge in [0, 0.05) is 36.9 Å². The van der Waals surface area contributed by atoms with E-state index < -0.39 is 9.84 Å². The number of hydrogen-bond acceptors (Lipinski definition) is 5. The van der Waals surface area contributed by atoms with Crippen LogP contribution in [-0.2, 0) is 21.1 Å². The Morgan fingerprint density at radius 1 is 1.16 bits per heavy atom. The van der Waals surface area contributed by atoms with E-state index in [0.717, 1.165) is 24.8 Å². The molecule has 1 fully saturated rings. The summed E-state index contributed by atoms with van der Waals surface area (Å²) in [7, 11) is -1.33. The summed E-state index contributed by atoms with van der Waals surface area (Å²) in [5.41, 5.74) is 1.02. The van der Waals surface area contributed by atoms with E-state index in [0.29, 0.717) is 29.8 Å². The first kappa shape index (κ1) is 24.4. The van der Waals surface area contributed by atoms with Crippen LogP contribution in [0.2, 0.25) is 0 Å². The lowest BCUT2D eigenvalue weighted by molar-refractivity contribution is -0.122. The van der Waals surface area contributed by atoms with Gasteiger partial charge in [-0.15, -0.1) is 0 Å². The van der Waals surface area contributed by atoms with Crippen molar-refractivity contribution in [3.8, 4) is 0 Å². The Morgan fingerprint density at radius 2 is 1.91 bits per heavy atom. The molecule has 1 aromatic carbocycles. The van der Waals surface area contributed by atoms with Gasteiger partial charge < -0.3 is 10.2 Å². The quantitative estimate of drug-likeness (QED) is 0.624. The molecule has 0 radical (unpaired) electrons. The zero-order chi connectivity index (χ0) is 23.1. The van der Waals surface area contributed by atoms with E-state index in [1.54, 1.807) is 36.7 Å². The molecule has 7 heteroatoms. The second kappa shape index (κ2) is 11.1. The lowest BCUT2D eigenvalue weighted by Crippen LogP contribution is -2.51. The second-order valence-electron chi connectivity index (χ2n) is 9.12. The number of carbonyl (C=O) groups excluding carboxylic acids is 1. The van der Waals surface area contributed by atoms with Gasteiger partial charge in [0.25, 0.3) is 0 Å². The van der Waals surface area contributed by atoms with Gasteiger partial charge in [0.15, 0.2) is 9.84 Å². The third-order valence-electron chi connectivity index (χ3n) is 6.59. The number of aromatic nitrogens is 1.